The quantitative estimate of drug-likeness (QED) is 0.766. The first-order valence-corrected chi connectivity index (χ1v) is 8.69. The zero-order chi connectivity index (χ0) is 15.2. The molecule has 22 heavy (non-hydrogen) atoms. The van der Waals surface area contributed by atoms with Gasteiger partial charge in [-0.2, -0.15) is 0 Å². The molecule has 1 heterocycles. The summed E-state index contributed by atoms with van der Waals surface area (Å²) >= 11 is 3.59. The van der Waals surface area contributed by atoms with E-state index in [1.807, 2.05) is 18.2 Å². The molecule has 116 valence electrons. The second-order valence-electron chi connectivity index (χ2n) is 5.67. The van der Waals surface area contributed by atoms with Gasteiger partial charge in [-0.25, -0.2) is 5.43 Å². The average Bonchev–Trinajstić information content (AvgIpc) is 2.57. The van der Waals surface area contributed by atoms with E-state index in [4.69, 9.17) is 0 Å². The Morgan fingerprint density at radius 2 is 1.73 bits per heavy atom. The fourth-order valence-electron chi connectivity index (χ4n) is 2.90. The van der Waals surface area contributed by atoms with E-state index in [9.17, 15) is 0 Å². The summed E-state index contributed by atoms with van der Waals surface area (Å²) in [6, 6.07) is 16.8. The first kappa shape index (κ1) is 15.4. The Morgan fingerprint density at radius 3 is 2.50 bits per heavy atom. The minimum Gasteiger partial charge on any atom is -0.371 e. The first-order chi connectivity index (χ1) is 10.8. The number of piperidine rings is 1. The minimum absolute atomic E-state index is 0.792. The lowest BCUT2D eigenvalue weighted by Gasteiger charge is -2.31. The maximum absolute atomic E-state index is 3.59. The van der Waals surface area contributed by atoms with Crippen LogP contribution in [0.25, 0.3) is 0 Å². The molecule has 1 fully saturated rings. The highest BCUT2D eigenvalue weighted by Gasteiger charge is 2.14. The highest BCUT2D eigenvalue weighted by molar-refractivity contribution is 9.10. The summed E-state index contributed by atoms with van der Waals surface area (Å²) in [4.78, 5) is 2.51. The van der Waals surface area contributed by atoms with Crippen molar-refractivity contribution >= 4 is 27.3 Å². The summed E-state index contributed by atoms with van der Waals surface area (Å²) in [7, 11) is 0. The third kappa shape index (κ3) is 4.02. The van der Waals surface area contributed by atoms with E-state index in [0.29, 0.717) is 0 Å². The van der Waals surface area contributed by atoms with Gasteiger partial charge in [-0.15, -0.1) is 0 Å². The van der Waals surface area contributed by atoms with Crippen LogP contribution in [0.2, 0.25) is 0 Å². The summed E-state index contributed by atoms with van der Waals surface area (Å²) < 4.78 is 1.13. The van der Waals surface area contributed by atoms with Crippen molar-refractivity contribution in [2.75, 3.05) is 23.4 Å². The van der Waals surface area contributed by atoms with Crippen molar-refractivity contribution in [2.24, 2.45) is 0 Å². The van der Waals surface area contributed by atoms with Gasteiger partial charge in [0.25, 0.3) is 0 Å². The van der Waals surface area contributed by atoms with Crippen LogP contribution < -0.4 is 15.8 Å². The SMILES string of the molecule is Brc1ccc(N2CCCCC2)c(CNNc2ccccc2)c1. The van der Waals surface area contributed by atoms with Crippen molar-refractivity contribution in [3.05, 3.63) is 58.6 Å². The second kappa shape index (κ2) is 7.65. The van der Waals surface area contributed by atoms with Crippen molar-refractivity contribution < 1.29 is 0 Å². The Labute approximate surface area is 140 Å². The van der Waals surface area contributed by atoms with Crippen LogP contribution in [-0.2, 0) is 6.54 Å². The van der Waals surface area contributed by atoms with Gasteiger partial charge < -0.3 is 10.3 Å². The van der Waals surface area contributed by atoms with Crippen LogP contribution in [0.15, 0.2) is 53.0 Å². The Balaban J connectivity index is 1.67. The number of benzene rings is 2. The van der Waals surface area contributed by atoms with Gasteiger partial charge in [0.15, 0.2) is 0 Å². The topological polar surface area (TPSA) is 27.3 Å². The fraction of sp³-hybridized carbons (Fsp3) is 0.333. The molecule has 0 atom stereocenters. The fourth-order valence-corrected chi connectivity index (χ4v) is 3.31. The lowest BCUT2D eigenvalue weighted by molar-refractivity contribution is 0.575. The molecular formula is C18H22BrN3. The minimum atomic E-state index is 0.792. The number of hydrogen-bond acceptors (Lipinski definition) is 3. The van der Waals surface area contributed by atoms with Gasteiger partial charge >= 0.3 is 0 Å². The first-order valence-electron chi connectivity index (χ1n) is 7.90. The molecule has 0 spiro atoms. The van der Waals surface area contributed by atoms with E-state index in [1.54, 1.807) is 0 Å². The van der Waals surface area contributed by atoms with Crippen LogP contribution >= 0.6 is 15.9 Å². The molecule has 1 aliphatic heterocycles. The number of anilines is 2. The molecule has 0 unspecified atom stereocenters. The summed E-state index contributed by atoms with van der Waals surface area (Å²) in [5.74, 6) is 0. The summed E-state index contributed by atoms with van der Waals surface area (Å²) in [6.45, 7) is 3.13. The number of halogens is 1. The monoisotopic (exact) mass is 359 g/mol. The predicted molar refractivity (Wildman–Crippen MR) is 97.1 cm³/mol. The van der Waals surface area contributed by atoms with Gasteiger partial charge in [0.1, 0.15) is 0 Å². The summed E-state index contributed by atoms with van der Waals surface area (Å²) in [5.41, 5.74) is 10.3. The van der Waals surface area contributed by atoms with Crippen LogP contribution in [0.1, 0.15) is 24.8 Å². The normalized spacial score (nSPS) is 14.9. The Hall–Kier alpha value is -1.52. The Bertz CT molecular complexity index is 595. The lowest BCUT2D eigenvalue weighted by atomic mass is 10.1. The van der Waals surface area contributed by atoms with Crippen LogP contribution in [0.4, 0.5) is 11.4 Å². The average molecular weight is 360 g/mol. The zero-order valence-corrected chi connectivity index (χ0v) is 14.3. The van der Waals surface area contributed by atoms with Crippen molar-refractivity contribution in [2.45, 2.75) is 25.8 Å². The molecule has 0 amide bonds. The van der Waals surface area contributed by atoms with Gasteiger partial charge in [0.2, 0.25) is 0 Å². The molecule has 3 rings (SSSR count). The molecule has 3 nitrogen and oxygen atoms in total. The Morgan fingerprint density at radius 1 is 0.955 bits per heavy atom. The molecule has 0 aromatic heterocycles. The van der Waals surface area contributed by atoms with Gasteiger partial charge in [0, 0.05) is 35.5 Å². The molecule has 1 aliphatic rings. The highest BCUT2D eigenvalue weighted by Crippen LogP contribution is 2.27. The molecule has 0 radical (unpaired) electrons. The number of para-hydroxylation sites is 1. The van der Waals surface area contributed by atoms with Crippen LogP contribution in [0.3, 0.4) is 0 Å². The van der Waals surface area contributed by atoms with Crippen LogP contribution in [0, 0.1) is 0 Å². The molecule has 4 heteroatoms. The molecule has 2 aromatic rings. The number of hydrazine groups is 1. The molecule has 0 aliphatic carbocycles. The largest absolute Gasteiger partial charge is 0.371 e. The third-order valence-corrected chi connectivity index (χ3v) is 4.52. The van der Waals surface area contributed by atoms with Gasteiger partial charge in [-0.3, -0.25) is 0 Å². The van der Waals surface area contributed by atoms with Gasteiger partial charge in [-0.1, -0.05) is 34.1 Å². The number of nitrogens with zero attached hydrogens (tertiary/aromatic N) is 1. The standard InChI is InChI=1S/C18H22BrN3/c19-16-9-10-18(22-11-5-2-6-12-22)15(13-16)14-20-21-17-7-3-1-4-8-17/h1,3-4,7-10,13,20-21H,2,5-6,11-12,14H2. The van der Waals surface area contributed by atoms with E-state index < -0.39 is 0 Å². The molecule has 2 aromatic carbocycles. The van der Waals surface area contributed by atoms with E-state index in [0.717, 1.165) is 16.7 Å². The lowest BCUT2D eigenvalue weighted by Crippen LogP contribution is -2.31. The smallest absolute Gasteiger partial charge is 0.0487 e. The molecule has 0 saturated carbocycles. The summed E-state index contributed by atoms with van der Waals surface area (Å²) in [5, 5.41) is 0. The van der Waals surface area contributed by atoms with E-state index in [1.165, 1.54) is 43.6 Å². The molecular weight excluding hydrogens is 338 g/mol. The zero-order valence-electron chi connectivity index (χ0n) is 12.7. The van der Waals surface area contributed by atoms with E-state index >= 15 is 0 Å². The maximum Gasteiger partial charge on any atom is 0.0487 e. The van der Waals surface area contributed by atoms with E-state index in [-0.39, 0.29) is 0 Å². The molecule has 0 bridgehead atoms. The predicted octanol–water partition coefficient (Wildman–Crippen LogP) is 4.56. The van der Waals surface area contributed by atoms with Crippen LogP contribution in [0.5, 0.6) is 0 Å². The van der Waals surface area contributed by atoms with Crippen molar-refractivity contribution in [3.63, 3.8) is 0 Å². The van der Waals surface area contributed by atoms with Crippen molar-refractivity contribution in [1.29, 1.82) is 0 Å². The number of hydrogen-bond donors (Lipinski definition) is 2. The molecule has 1 saturated heterocycles. The number of rotatable bonds is 5. The number of nitrogens with one attached hydrogen (secondary N) is 2. The third-order valence-electron chi connectivity index (χ3n) is 4.02. The van der Waals surface area contributed by atoms with Crippen molar-refractivity contribution in [3.8, 4) is 0 Å². The maximum atomic E-state index is 3.59. The van der Waals surface area contributed by atoms with Crippen LogP contribution in [-0.4, -0.2) is 13.1 Å². The Kier molecular flexibility index (Phi) is 5.35. The highest BCUT2D eigenvalue weighted by atomic mass is 79.9. The van der Waals surface area contributed by atoms with Gasteiger partial charge in [-0.05, 0) is 55.2 Å². The van der Waals surface area contributed by atoms with Crippen molar-refractivity contribution in [1.82, 2.24) is 5.43 Å². The second-order valence-corrected chi connectivity index (χ2v) is 6.58. The van der Waals surface area contributed by atoms with E-state index in [2.05, 4.69) is 62.0 Å². The molecule has 2 N–H and O–H groups in total. The van der Waals surface area contributed by atoms with Gasteiger partial charge in [0.05, 0.1) is 0 Å². The summed E-state index contributed by atoms with van der Waals surface area (Å²) in [6.07, 6.45) is 3.95.